The minimum absolute atomic E-state index is 0.0570. The number of allylic oxidation sites excluding steroid dienone is 8. The number of hydrogen-bond acceptors (Lipinski definition) is 1. The van der Waals surface area contributed by atoms with Crippen molar-refractivity contribution in [2.75, 3.05) is 5.32 Å². The van der Waals surface area contributed by atoms with E-state index in [2.05, 4.69) is 264 Å². The highest BCUT2D eigenvalue weighted by molar-refractivity contribution is 6.13. The Labute approximate surface area is 400 Å². The average Bonchev–Trinajstić information content (AvgIpc) is 3.95. The van der Waals surface area contributed by atoms with Crippen LogP contribution in [-0.4, -0.2) is 4.57 Å². The summed E-state index contributed by atoms with van der Waals surface area (Å²) in [7, 11) is 0. The Bertz CT molecular complexity index is 3730. The molecule has 8 aromatic carbocycles. The molecule has 3 aliphatic rings. The van der Waals surface area contributed by atoms with E-state index in [9.17, 15) is 0 Å². The van der Waals surface area contributed by atoms with Crippen molar-refractivity contribution in [1.29, 1.82) is 0 Å². The van der Waals surface area contributed by atoms with Gasteiger partial charge in [-0.25, -0.2) is 0 Å². The first-order chi connectivity index (χ1) is 33.2. The number of anilines is 1. The van der Waals surface area contributed by atoms with E-state index in [0.29, 0.717) is 0 Å². The van der Waals surface area contributed by atoms with Crippen LogP contribution in [0.5, 0.6) is 0 Å². The fourth-order valence-electron chi connectivity index (χ4n) is 12.2. The summed E-state index contributed by atoms with van der Waals surface area (Å²) >= 11 is 0. The molecule has 0 amide bonds. The van der Waals surface area contributed by atoms with Crippen molar-refractivity contribution in [2.24, 2.45) is 0 Å². The Balaban J connectivity index is 0.977. The van der Waals surface area contributed by atoms with Crippen molar-refractivity contribution in [1.82, 2.24) is 4.57 Å². The van der Waals surface area contributed by atoms with Crippen molar-refractivity contribution in [2.45, 2.75) is 52.4 Å². The number of rotatable bonds is 8. The molecule has 1 atom stereocenters. The molecule has 2 heteroatoms. The highest BCUT2D eigenvalue weighted by Crippen LogP contribution is 2.61. The van der Waals surface area contributed by atoms with E-state index in [0.717, 1.165) is 16.8 Å². The smallest absolute Gasteiger partial charge is 0.0754 e. The number of hydrogen-bond donors (Lipinski definition) is 1. The van der Waals surface area contributed by atoms with Crippen LogP contribution in [0, 0.1) is 6.92 Å². The molecule has 328 valence electrons. The first kappa shape index (κ1) is 41.5. The van der Waals surface area contributed by atoms with E-state index in [-0.39, 0.29) is 5.41 Å². The Morgan fingerprint density at radius 1 is 0.574 bits per heavy atom. The third-order valence-corrected chi connectivity index (χ3v) is 15.5. The van der Waals surface area contributed by atoms with Crippen molar-refractivity contribution in [3.63, 3.8) is 0 Å². The molecule has 1 aromatic heterocycles. The van der Waals surface area contributed by atoms with Crippen LogP contribution in [0.3, 0.4) is 0 Å². The van der Waals surface area contributed by atoms with Crippen LogP contribution in [0.1, 0.15) is 84.7 Å². The monoisotopic (exact) mass is 874 g/mol. The van der Waals surface area contributed by atoms with Gasteiger partial charge in [0.2, 0.25) is 0 Å². The first-order valence-electron chi connectivity index (χ1n) is 24.0. The zero-order valence-electron chi connectivity index (χ0n) is 39.7. The van der Waals surface area contributed by atoms with Gasteiger partial charge in [0.25, 0.3) is 0 Å². The van der Waals surface area contributed by atoms with Gasteiger partial charge in [-0.2, -0.15) is 0 Å². The van der Waals surface area contributed by atoms with E-state index in [1.54, 1.807) is 0 Å². The second kappa shape index (κ2) is 15.9. The summed E-state index contributed by atoms with van der Waals surface area (Å²) in [6.07, 6.45) is 13.4. The summed E-state index contributed by atoms with van der Waals surface area (Å²) in [5.74, 6) is 0. The highest BCUT2D eigenvalue weighted by atomic mass is 15.0. The van der Waals surface area contributed by atoms with Crippen LogP contribution >= 0.6 is 0 Å². The Morgan fingerprint density at radius 3 is 2.04 bits per heavy atom. The first-order valence-corrected chi connectivity index (χ1v) is 24.0. The quantitative estimate of drug-likeness (QED) is 0.151. The largest absolute Gasteiger partial charge is 0.362 e. The molecule has 9 aromatic rings. The van der Waals surface area contributed by atoms with Gasteiger partial charge in [0, 0.05) is 28.1 Å². The minimum Gasteiger partial charge on any atom is -0.362 e. The van der Waals surface area contributed by atoms with E-state index in [1.165, 1.54) is 111 Å². The minimum atomic E-state index is -0.503. The second-order valence-corrected chi connectivity index (χ2v) is 19.3. The van der Waals surface area contributed by atoms with Gasteiger partial charge < -0.3 is 9.88 Å². The Hall–Kier alpha value is -7.94. The lowest BCUT2D eigenvalue weighted by Crippen LogP contribution is -2.33. The lowest BCUT2D eigenvalue weighted by Gasteiger charge is -2.39. The van der Waals surface area contributed by atoms with E-state index < -0.39 is 5.41 Å². The molecule has 1 unspecified atom stereocenters. The molecule has 0 fully saturated rings. The van der Waals surface area contributed by atoms with Crippen LogP contribution in [0.15, 0.2) is 223 Å². The van der Waals surface area contributed by atoms with Crippen molar-refractivity contribution >= 4 is 39.1 Å². The summed E-state index contributed by atoms with van der Waals surface area (Å²) < 4.78 is 2.52. The predicted octanol–water partition coefficient (Wildman–Crippen LogP) is 17.1. The number of benzene rings is 8. The van der Waals surface area contributed by atoms with E-state index in [1.807, 2.05) is 0 Å². The van der Waals surface area contributed by atoms with Crippen molar-refractivity contribution in [3.05, 3.63) is 273 Å². The maximum atomic E-state index is 3.63. The lowest BCUT2D eigenvalue weighted by atomic mass is 9.65. The van der Waals surface area contributed by atoms with Gasteiger partial charge in [-0.1, -0.05) is 184 Å². The van der Waals surface area contributed by atoms with Gasteiger partial charge in [0.15, 0.2) is 0 Å². The molecule has 2 heterocycles. The predicted molar refractivity (Wildman–Crippen MR) is 289 cm³/mol. The molecule has 12 rings (SSSR count). The maximum absolute atomic E-state index is 3.63. The van der Waals surface area contributed by atoms with Crippen LogP contribution < -0.4 is 5.32 Å². The molecule has 0 saturated heterocycles. The third kappa shape index (κ3) is 6.03. The van der Waals surface area contributed by atoms with Gasteiger partial charge in [-0.05, 0) is 159 Å². The van der Waals surface area contributed by atoms with Crippen LogP contribution in [-0.2, 0) is 10.8 Å². The van der Waals surface area contributed by atoms with Gasteiger partial charge in [0.1, 0.15) is 0 Å². The number of fused-ring (bicyclic) bond motifs is 15. The third-order valence-electron chi connectivity index (χ3n) is 15.5. The van der Waals surface area contributed by atoms with Crippen LogP contribution in [0.25, 0.3) is 61.4 Å². The topological polar surface area (TPSA) is 17.0 Å². The molecule has 68 heavy (non-hydrogen) atoms. The number of aromatic nitrogens is 1. The normalized spacial score (nSPS) is 16.9. The second-order valence-electron chi connectivity index (χ2n) is 19.3. The van der Waals surface area contributed by atoms with E-state index >= 15 is 0 Å². The highest BCUT2D eigenvalue weighted by Gasteiger charge is 2.50. The molecular weight excluding hydrogens is 821 g/mol. The molecule has 0 radical (unpaired) electrons. The maximum Gasteiger partial charge on any atom is 0.0754 e. The zero-order chi connectivity index (χ0) is 46.3. The van der Waals surface area contributed by atoms with Crippen molar-refractivity contribution < 1.29 is 0 Å². The lowest BCUT2D eigenvalue weighted by molar-refractivity contribution is 0.660. The summed E-state index contributed by atoms with van der Waals surface area (Å²) in [6.45, 7) is 13.6. The molecule has 2 aliphatic carbocycles. The zero-order valence-corrected chi connectivity index (χ0v) is 39.7. The molecule has 1 N–H and O–H groups in total. The van der Waals surface area contributed by atoms with Gasteiger partial charge in [-0.15, -0.1) is 0 Å². The van der Waals surface area contributed by atoms with Crippen molar-refractivity contribution in [3.8, 4) is 27.9 Å². The number of nitrogens with one attached hydrogen (secondary N) is 1. The van der Waals surface area contributed by atoms with Gasteiger partial charge in [0.05, 0.1) is 22.1 Å². The Kier molecular flexibility index (Phi) is 9.67. The standard InChI is InChI=1S/C66H54N2/c1-7-48(43(3)44(4)49-22-9-8-20-42(49)2)46(21-19-39-67-47-36-38-52-50-23-10-13-27-56(50)65(5,6)60(52)41-47)35-33-45-34-37-53-51-24-11-14-28-57(51)66(61(53)40-45)58-29-15-17-32-63(58)68-62-31-16-12-25-54(62)55-26-18-30-59(66)64(55)68/h7-41,67H,1-6H3/b35-33-,39-19+,44-43+,46-21+,48-7+. The molecule has 1 aliphatic heterocycles. The van der Waals surface area contributed by atoms with Crippen LogP contribution in [0.4, 0.5) is 5.69 Å². The number of nitrogens with zero attached hydrogens (tertiary/aromatic N) is 1. The number of para-hydroxylation sites is 3. The fraction of sp³-hybridized carbons (Fsp3) is 0.121. The molecule has 0 saturated carbocycles. The van der Waals surface area contributed by atoms with Gasteiger partial charge in [-0.3, -0.25) is 0 Å². The van der Waals surface area contributed by atoms with Crippen LogP contribution in [0.2, 0.25) is 0 Å². The van der Waals surface area contributed by atoms with E-state index in [4.69, 9.17) is 0 Å². The number of aryl methyl sites for hydroxylation is 1. The SMILES string of the molecule is C/C=C(C(/C=C\c1ccc2c(c1)C1(c3ccccc3-2)c2ccccc2-n2c3ccccc3c3cccc1c32)=C/C=C/Nc1ccc2c(c1)C(C)(C)c1ccccc1-2)\C(C)=C(/C)c1ccccc1C. The van der Waals surface area contributed by atoms with Gasteiger partial charge >= 0.3 is 0 Å². The summed E-state index contributed by atoms with van der Waals surface area (Å²) in [4.78, 5) is 0. The Morgan fingerprint density at radius 2 is 1.22 bits per heavy atom. The average molecular weight is 875 g/mol. The summed E-state index contributed by atoms with van der Waals surface area (Å²) in [6, 6.07) is 65.5. The fourth-order valence-corrected chi connectivity index (χ4v) is 12.2. The molecule has 2 nitrogen and oxygen atoms in total. The summed E-state index contributed by atoms with van der Waals surface area (Å²) in [5.41, 5.74) is 26.2. The summed E-state index contributed by atoms with van der Waals surface area (Å²) in [5, 5.41) is 6.21. The molecule has 1 spiro atoms. The molecule has 0 bridgehead atoms. The molecular formula is C66H54N2.